The first-order valence-electron chi connectivity index (χ1n) is 7.78. The van der Waals surface area contributed by atoms with Crippen molar-refractivity contribution in [3.63, 3.8) is 0 Å². The summed E-state index contributed by atoms with van der Waals surface area (Å²) in [6.07, 6.45) is 4.67. The molecule has 0 aliphatic carbocycles. The molecular weight excluding hydrogens is 250 g/mol. The van der Waals surface area contributed by atoms with Gasteiger partial charge in [-0.1, -0.05) is 20.8 Å². The molecule has 1 aromatic heterocycles. The number of nitrogens with two attached hydrogens (primary N) is 1. The van der Waals surface area contributed by atoms with Crippen molar-refractivity contribution in [2.75, 3.05) is 30.3 Å². The third-order valence-electron chi connectivity index (χ3n) is 4.58. The Bertz CT molecular complexity index is 443. The van der Waals surface area contributed by atoms with Crippen molar-refractivity contribution in [2.24, 2.45) is 5.41 Å². The van der Waals surface area contributed by atoms with Crippen LogP contribution in [0, 0.1) is 5.41 Å². The molecule has 0 spiro atoms. The summed E-state index contributed by atoms with van der Waals surface area (Å²) in [6.45, 7) is 9.49. The van der Waals surface area contributed by atoms with Gasteiger partial charge in [0.2, 0.25) is 5.88 Å². The van der Waals surface area contributed by atoms with E-state index in [-0.39, 0.29) is 0 Å². The van der Waals surface area contributed by atoms with Gasteiger partial charge in [0.25, 0.3) is 0 Å². The van der Waals surface area contributed by atoms with Crippen molar-refractivity contribution in [2.45, 2.75) is 46.5 Å². The van der Waals surface area contributed by atoms with Gasteiger partial charge in [0.05, 0.1) is 12.3 Å². The minimum Gasteiger partial charge on any atom is -0.476 e. The van der Waals surface area contributed by atoms with Crippen LogP contribution in [0.5, 0.6) is 5.88 Å². The minimum atomic E-state index is 0.452. The number of nitrogen functional groups attached to an aromatic ring is 1. The standard InChI is InChI=1S/C16H27N3O/c1-4-11-20-15-13(17)7-8-14(18-15)19-10-9-16(5-2,6-3)12-19/h7-8H,4-6,9-12,17H2,1-3H3. The number of rotatable bonds is 6. The maximum absolute atomic E-state index is 5.93. The summed E-state index contributed by atoms with van der Waals surface area (Å²) < 4.78 is 5.63. The average Bonchev–Trinajstić information content (AvgIpc) is 2.91. The molecule has 1 aliphatic heterocycles. The van der Waals surface area contributed by atoms with E-state index in [1.165, 1.54) is 19.3 Å². The molecule has 0 bridgehead atoms. The molecule has 0 unspecified atom stereocenters. The normalized spacial score (nSPS) is 17.4. The number of aromatic nitrogens is 1. The minimum absolute atomic E-state index is 0.452. The number of hydrogen-bond donors (Lipinski definition) is 1. The second kappa shape index (κ2) is 6.33. The first-order valence-corrected chi connectivity index (χ1v) is 7.78. The van der Waals surface area contributed by atoms with Gasteiger partial charge < -0.3 is 15.4 Å². The molecular formula is C16H27N3O. The summed E-state index contributed by atoms with van der Waals surface area (Å²) in [5, 5.41) is 0. The van der Waals surface area contributed by atoms with Gasteiger partial charge >= 0.3 is 0 Å². The summed E-state index contributed by atoms with van der Waals surface area (Å²) in [5.41, 5.74) is 7.00. The molecule has 0 amide bonds. The van der Waals surface area contributed by atoms with Gasteiger partial charge in [0, 0.05) is 13.1 Å². The lowest BCUT2D eigenvalue weighted by atomic mass is 9.82. The van der Waals surface area contributed by atoms with Gasteiger partial charge in [-0.15, -0.1) is 0 Å². The van der Waals surface area contributed by atoms with Crippen LogP contribution in [-0.2, 0) is 0 Å². The molecule has 0 saturated carbocycles. The summed E-state index contributed by atoms with van der Waals surface area (Å²) in [6, 6.07) is 3.92. The third kappa shape index (κ3) is 3.00. The van der Waals surface area contributed by atoms with Crippen molar-refractivity contribution < 1.29 is 4.74 Å². The lowest BCUT2D eigenvalue weighted by Gasteiger charge is -2.27. The molecule has 4 heteroatoms. The fourth-order valence-electron chi connectivity index (χ4n) is 2.89. The molecule has 2 N–H and O–H groups in total. The largest absolute Gasteiger partial charge is 0.476 e. The molecule has 0 radical (unpaired) electrons. The second-order valence-electron chi connectivity index (χ2n) is 5.79. The molecule has 20 heavy (non-hydrogen) atoms. The van der Waals surface area contributed by atoms with E-state index >= 15 is 0 Å². The van der Waals surface area contributed by atoms with Gasteiger partial charge in [-0.25, -0.2) is 0 Å². The van der Waals surface area contributed by atoms with E-state index in [4.69, 9.17) is 10.5 Å². The molecule has 1 aliphatic rings. The number of pyridine rings is 1. The molecule has 1 fully saturated rings. The van der Waals surface area contributed by atoms with Gasteiger partial charge in [0.15, 0.2) is 0 Å². The Hall–Kier alpha value is -1.45. The van der Waals surface area contributed by atoms with Gasteiger partial charge in [-0.3, -0.25) is 0 Å². The number of hydrogen-bond acceptors (Lipinski definition) is 4. The van der Waals surface area contributed by atoms with Crippen LogP contribution in [0.3, 0.4) is 0 Å². The van der Waals surface area contributed by atoms with Crippen LogP contribution >= 0.6 is 0 Å². The molecule has 0 atom stereocenters. The lowest BCUT2D eigenvalue weighted by Crippen LogP contribution is -2.26. The smallest absolute Gasteiger partial charge is 0.239 e. The Labute approximate surface area is 122 Å². The third-order valence-corrected chi connectivity index (χ3v) is 4.58. The Morgan fingerprint density at radius 2 is 2.05 bits per heavy atom. The van der Waals surface area contributed by atoms with E-state index < -0.39 is 0 Å². The van der Waals surface area contributed by atoms with Crippen LogP contribution < -0.4 is 15.4 Å². The van der Waals surface area contributed by atoms with Crippen molar-refractivity contribution >= 4 is 11.5 Å². The number of anilines is 2. The first kappa shape index (κ1) is 14.9. The highest BCUT2D eigenvalue weighted by Crippen LogP contribution is 2.39. The number of ether oxygens (including phenoxy) is 1. The Morgan fingerprint density at radius 1 is 1.30 bits per heavy atom. The maximum atomic E-state index is 5.93. The van der Waals surface area contributed by atoms with Crippen LogP contribution in [0.4, 0.5) is 11.5 Å². The van der Waals surface area contributed by atoms with Gasteiger partial charge in [-0.2, -0.15) is 4.98 Å². The van der Waals surface area contributed by atoms with E-state index in [0.717, 1.165) is 25.3 Å². The summed E-state index contributed by atoms with van der Waals surface area (Å²) in [4.78, 5) is 6.97. The Morgan fingerprint density at radius 3 is 2.65 bits per heavy atom. The fraction of sp³-hybridized carbons (Fsp3) is 0.688. The van der Waals surface area contributed by atoms with Gasteiger partial charge in [0.1, 0.15) is 5.82 Å². The predicted octanol–water partition coefficient (Wildman–Crippen LogP) is 3.47. The summed E-state index contributed by atoms with van der Waals surface area (Å²) >= 11 is 0. The zero-order valence-electron chi connectivity index (χ0n) is 13.0. The van der Waals surface area contributed by atoms with E-state index in [0.29, 0.717) is 23.6 Å². The van der Waals surface area contributed by atoms with Crippen LogP contribution in [0.1, 0.15) is 46.5 Å². The first-order chi connectivity index (χ1) is 9.64. The molecule has 1 aromatic rings. The molecule has 0 aromatic carbocycles. The zero-order valence-corrected chi connectivity index (χ0v) is 13.0. The van der Waals surface area contributed by atoms with Gasteiger partial charge in [-0.05, 0) is 43.2 Å². The van der Waals surface area contributed by atoms with Crippen LogP contribution in [-0.4, -0.2) is 24.7 Å². The van der Waals surface area contributed by atoms with E-state index in [1.807, 2.05) is 12.1 Å². The van der Waals surface area contributed by atoms with Crippen LogP contribution in [0.25, 0.3) is 0 Å². The van der Waals surface area contributed by atoms with Crippen molar-refractivity contribution in [1.82, 2.24) is 4.98 Å². The van der Waals surface area contributed by atoms with Crippen molar-refractivity contribution in [3.8, 4) is 5.88 Å². The van der Waals surface area contributed by atoms with Crippen molar-refractivity contribution in [1.29, 1.82) is 0 Å². The SMILES string of the molecule is CCCOc1nc(N2CCC(CC)(CC)C2)ccc1N. The highest BCUT2D eigenvalue weighted by atomic mass is 16.5. The van der Waals surface area contributed by atoms with Crippen LogP contribution in [0.15, 0.2) is 12.1 Å². The monoisotopic (exact) mass is 277 g/mol. The maximum Gasteiger partial charge on any atom is 0.239 e. The Kier molecular flexibility index (Phi) is 4.73. The molecule has 2 rings (SSSR count). The molecule has 112 valence electrons. The zero-order chi connectivity index (χ0) is 14.6. The molecule has 4 nitrogen and oxygen atoms in total. The van der Waals surface area contributed by atoms with Crippen molar-refractivity contribution in [3.05, 3.63) is 12.1 Å². The average molecular weight is 277 g/mol. The summed E-state index contributed by atoms with van der Waals surface area (Å²) in [5.74, 6) is 1.57. The predicted molar refractivity (Wildman–Crippen MR) is 84.3 cm³/mol. The summed E-state index contributed by atoms with van der Waals surface area (Å²) in [7, 11) is 0. The number of nitrogens with zero attached hydrogens (tertiary/aromatic N) is 2. The fourth-order valence-corrected chi connectivity index (χ4v) is 2.89. The second-order valence-corrected chi connectivity index (χ2v) is 5.79. The molecule has 2 heterocycles. The lowest BCUT2D eigenvalue weighted by molar-refractivity contribution is 0.300. The highest BCUT2D eigenvalue weighted by Gasteiger charge is 2.35. The Balaban J connectivity index is 2.14. The van der Waals surface area contributed by atoms with E-state index in [2.05, 4.69) is 30.7 Å². The molecule has 1 saturated heterocycles. The topological polar surface area (TPSA) is 51.4 Å². The van der Waals surface area contributed by atoms with E-state index in [9.17, 15) is 0 Å². The van der Waals surface area contributed by atoms with Crippen LogP contribution in [0.2, 0.25) is 0 Å². The highest BCUT2D eigenvalue weighted by molar-refractivity contribution is 5.55. The quantitative estimate of drug-likeness (QED) is 0.865. The van der Waals surface area contributed by atoms with E-state index in [1.54, 1.807) is 0 Å².